The molecule has 2 heterocycles. The minimum atomic E-state index is -0.585. The number of nitrogens with zero attached hydrogens (tertiary/aromatic N) is 3. The Bertz CT molecular complexity index is 1100. The van der Waals surface area contributed by atoms with Crippen LogP contribution in [0, 0.1) is 5.82 Å². The van der Waals surface area contributed by atoms with Crippen LogP contribution in [-0.2, 0) is 24.4 Å². The van der Waals surface area contributed by atoms with Crippen LogP contribution in [0.25, 0.3) is 11.3 Å². The van der Waals surface area contributed by atoms with Crippen LogP contribution in [0.3, 0.4) is 0 Å². The molecule has 1 aromatic heterocycles. The fraction of sp³-hybridized carbons (Fsp3) is 0.304. The molecule has 0 fully saturated rings. The molecule has 0 radical (unpaired) electrons. The summed E-state index contributed by atoms with van der Waals surface area (Å²) in [6.07, 6.45) is -0.402. The highest BCUT2D eigenvalue weighted by atomic mass is 35.5. The van der Waals surface area contributed by atoms with Gasteiger partial charge in [0.25, 0.3) is 0 Å². The predicted octanol–water partition coefficient (Wildman–Crippen LogP) is 5.64. The lowest BCUT2D eigenvalue weighted by atomic mass is 10.1. The highest BCUT2D eigenvalue weighted by Gasteiger charge is 2.33. The van der Waals surface area contributed by atoms with Gasteiger partial charge in [-0.15, -0.1) is 0 Å². The molecule has 1 aliphatic rings. The second-order valence-corrected chi connectivity index (χ2v) is 8.81. The number of benzene rings is 2. The van der Waals surface area contributed by atoms with E-state index in [4.69, 9.17) is 21.4 Å². The number of hydrogen-bond donors (Lipinski definition) is 0. The Morgan fingerprint density at radius 1 is 1.17 bits per heavy atom. The van der Waals surface area contributed by atoms with E-state index in [1.165, 1.54) is 6.07 Å². The Balaban J connectivity index is 1.72. The maximum Gasteiger partial charge on any atom is 0.410 e. The zero-order chi connectivity index (χ0) is 21.5. The van der Waals surface area contributed by atoms with Gasteiger partial charge in [-0.05, 0) is 50.6 Å². The Morgan fingerprint density at radius 2 is 1.93 bits per heavy atom. The molecule has 1 amide bonds. The van der Waals surface area contributed by atoms with Crippen molar-refractivity contribution in [2.24, 2.45) is 0 Å². The molecule has 0 aliphatic carbocycles. The Hall–Kier alpha value is -2.86. The number of carbonyl (C=O) groups excluding carboxylic acids is 1. The Morgan fingerprint density at radius 3 is 2.63 bits per heavy atom. The van der Waals surface area contributed by atoms with Crippen molar-refractivity contribution in [2.45, 2.75) is 46.0 Å². The summed E-state index contributed by atoms with van der Waals surface area (Å²) in [5, 5.41) is 5.35. The maximum absolute atomic E-state index is 14.7. The largest absolute Gasteiger partial charge is 0.444 e. The third-order valence-corrected chi connectivity index (χ3v) is 5.06. The molecule has 5 nitrogen and oxygen atoms in total. The Kier molecular flexibility index (Phi) is 5.28. The number of ether oxygens (including phenoxy) is 1. The first-order valence-corrected chi connectivity index (χ1v) is 10.1. The highest BCUT2D eigenvalue weighted by Crippen LogP contribution is 2.35. The lowest BCUT2D eigenvalue weighted by molar-refractivity contribution is 0.0239. The van der Waals surface area contributed by atoms with Crippen LogP contribution < -0.4 is 0 Å². The SMILES string of the molecule is CC(C)(C)OC(=O)N1Cc2nn(Cc3cccc(Cl)c3)c(-c3ccccc3F)c2C1. The second kappa shape index (κ2) is 7.76. The summed E-state index contributed by atoms with van der Waals surface area (Å²) in [5.41, 5.74) is 3.10. The molecule has 0 N–H and O–H groups in total. The van der Waals surface area contributed by atoms with Crippen molar-refractivity contribution in [3.63, 3.8) is 0 Å². The van der Waals surface area contributed by atoms with Gasteiger partial charge in [0, 0.05) is 16.1 Å². The molecule has 3 aromatic rings. The minimum absolute atomic E-state index is 0.323. The first-order chi connectivity index (χ1) is 14.2. The topological polar surface area (TPSA) is 47.4 Å². The van der Waals surface area contributed by atoms with Gasteiger partial charge in [0.1, 0.15) is 11.4 Å². The molecule has 0 saturated carbocycles. The summed E-state index contributed by atoms with van der Waals surface area (Å²) >= 11 is 6.13. The van der Waals surface area contributed by atoms with E-state index < -0.39 is 11.7 Å². The highest BCUT2D eigenvalue weighted by molar-refractivity contribution is 6.30. The van der Waals surface area contributed by atoms with E-state index in [-0.39, 0.29) is 5.82 Å². The molecule has 30 heavy (non-hydrogen) atoms. The van der Waals surface area contributed by atoms with Gasteiger partial charge in [-0.25, -0.2) is 9.18 Å². The van der Waals surface area contributed by atoms with Crippen molar-refractivity contribution in [2.75, 3.05) is 0 Å². The van der Waals surface area contributed by atoms with Crippen LogP contribution in [0.5, 0.6) is 0 Å². The summed E-state index contributed by atoms with van der Waals surface area (Å²) in [4.78, 5) is 14.1. The minimum Gasteiger partial charge on any atom is -0.444 e. The Labute approximate surface area is 180 Å². The van der Waals surface area contributed by atoms with E-state index in [1.54, 1.807) is 27.8 Å². The molecule has 0 bridgehead atoms. The van der Waals surface area contributed by atoms with E-state index >= 15 is 0 Å². The zero-order valence-corrected chi connectivity index (χ0v) is 17.9. The van der Waals surface area contributed by atoms with Crippen LogP contribution in [0.1, 0.15) is 37.6 Å². The molecule has 2 aromatic carbocycles. The number of aromatic nitrogens is 2. The fourth-order valence-electron chi connectivity index (χ4n) is 3.60. The van der Waals surface area contributed by atoms with Gasteiger partial charge in [-0.2, -0.15) is 5.10 Å². The molecule has 0 spiro atoms. The third kappa shape index (κ3) is 4.19. The summed E-state index contributed by atoms with van der Waals surface area (Å²) < 4.78 is 22.0. The van der Waals surface area contributed by atoms with Gasteiger partial charge in [-0.1, -0.05) is 35.9 Å². The van der Waals surface area contributed by atoms with Crippen molar-refractivity contribution < 1.29 is 13.9 Å². The van der Waals surface area contributed by atoms with Gasteiger partial charge >= 0.3 is 6.09 Å². The van der Waals surface area contributed by atoms with E-state index in [0.717, 1.165) is 16.8 Å². The third-order valence-electron chi connectivity index (χ3n) is 4.83. The number of fused-ring (bicyclic) bond motifs is 1. The van der Waals surface area contributed by atoms with Gasteiger partial charge in [0.2, 0.25) is 0 Å². The van der Waals surface area contributed by atoms with Crippen LogP contribution in [0.15, 0.2) is 48.5 Å². The van der Waals surface area contributed by atoms with Gasteiger partial charge in [0.05, 0.1) is 31.0 Å². The molecule has 0 atom stereocenters. The fourth-order valence-corrected chi connectivity index (χ4v) is 3.82. The van der Waals surface area contributed by atoms with Gasteiger partial charge in [0.15, 0.2) is 0 Å². The van der Waals surface area contributed by atoms with Crippen molar-refractivity contribution in [1.82, 2.24) is 14.7 Å². The standard InChI is InChI=1S/C23H23ClFN3O2/c1-23(2,3)30-22(29)27-13-18-20(14-27)26-28(12-15-7-6-8-16(24)11-15)21(18)17-9-4-5-10-19(17)25/h4-11H,12-14H2,1-3H3. The number of halogens is 2. The lowest BCUT2D eigenvalue weighted by Gasteiger charge is -2.24. The average Bonchev–Trinajstić information content (AvgIpc) is 3.19. The van der Waals surface area contributed by atoms with Crippen molar-refractivity contribution in [1.29, 1.82) is 0 Å². The molecule has 7 heteroatoms. The van der Waals surface area contributed by atoms with E-state index in [1.807, 2.05) is 45.0 Å². The van der Waals surface area contributed by atoms with Crippen molar-refractivity contribution >= 4 is 17.7 Å². The number of hydrogen-bond acceptors (Lipinski definition) is 3. The molecule has 1 aliphatic heterocycles. The second-order valence-electron chi connectivity index (χ2n) is 8.38. The van der Waals surface area contributed by atoms with Crippen molar-refractivity contribution in [3.8, 4) is 11.3 Å². The molecular formula is C23H23ClFN3O2. The van der Waals surface area contributed by atoms with E-state index in [2.05, 4.69) is 0 Å². The first kappa shape index (κ1) is 20.4. The van der Waals surface area contributed by atoms with Gasteiger partial charge < -0.3 is 4.74 Å². The maximum atomic E-state index is 14.7. The normalized spacial score (nSPS) is 13.4. The van der Waals surface area contributed by atoms with Crippen molar-refractivity contribution in [3.05, 3.63) is 76.2 Å². The van der Waals surface area contributed by atoms with Gasteiger partial charge in [-0.3, -0.25) is 9.58 Å². The first-order valence-electron chi connectivity index (χ1n) is 9.77. The van der Waals surface area contributed by atoms with Crippen LogP contribution in [0.4, 0.5) is 9.18 Å². The van der Waals surface area contributed by atoms with Crippen LogP contribution >= 0.6 is 11.6 Å². The predicted molar refractivity (Wildman–Crippen MR) is 114 cm³/mol. The average molecular weight is 428 g/mol. The summed E-state index contributed by atoms with van der Waals surface area (Å²) in [5.74, 6) is -0.330. The van der Waals surface area contributed by atoms with E-state index in [9.17, 15) is 9.18 Å². The molecule has 0 unspecified atom stereocenters. The number of carbonyl (C=O) groups is 1. The molecule has 0 saturated heterocycles. The van der Waals surface area contributed by atoms with Crippen LogP contribution in [0.2, 0.25) is 5.02 Å². The zero-order valence-electron chi connectivity index (χ0n) is 17.2. The lowest BCUT2D eigenvalue weighted by Crippen LogP contribution is -2.33. The quantitative estimate of drug-likeness (QED) is 0.543. The molecule has 156 valence electrons. The number of amides is 1. The summed E-state index contributed by atoms with van der Waals surface area (Å²) in [6, 6.07) is 14.1. The summed E-state index contributed by atoms with van der Waals surface area (Å²) in [6.45, 7) is 6.59. The van der Waals surface area contributed by atoms with E-state index in [0.29, 0.717) is 35.9 Å². The summed E-state index contributed by atoms with van der Waals surface area (Å²) in [7, 11) is 0. The monoisotopic (exact) mass is 427 g/mol. The smallest absolute Gasteiger partial charge is 0.410 e. The van der Waals surface area contributed by atoms with Crippen LogP contribution in [-0.4, -0.2) is 26.4 Å². The number of rotatable bonds is 3. The molecular weight excluding hydrogens is 405 g/mol. The molecule has 4 rings (SSSR count).